The zero-order valence-electron chi connectivity index (χ0n) is 14.1. The quantitative estimate of drug-likeness (QED) is 0.920. The highest BCUT2D eigenvalue weighted by Crippen LogP contribution is 2.21. The van der Waals surface area contributed by atoms with Gasteiger partial charge in [0.25, 0.3) is 0 Å². The Kier molecular flexibility index (Phi) is 5.26. The molecule has 1 atom stereocenters. The third kappa shape index (κ3) is 3.99. The van der Waals surface area contributed by atoms with Gasteiger partial charge in [0.15, 0.2) is 5.58 Å². The lowest BCUT2D eigenvalue weighted by atomic mass is 10.2. The van der Waals surface area contributed by atoms with E-state index >= 15 is 0 Å². The smallest absolute Gasteiger partial charge is 0.317 e. The zero-order chi connectivity index (χ0) is 17.1. The van der Waals surface area contributed by atoms with E-state index in [2.05, 4.69) is 22.1 Å². The Hall–Kier alpha value is -1.79. The SMILES string of the molecule is CCC(C)NC(=O)N1CCN(Cc2nc3ccc(Cl)cc3o2)CC1. The van der Waals surface area contributed by atoms with Gasteiger partial charge in [0.1, 0.15) is 5.52 Å². The van der Waals surface area contributed by atoms with Crippen LogP contribution >= 0.6 is 11.6 Å². The van der Waals surface area contributed by atoms with Gasteiger partial charge in [-0.1, -0.05) is 18.5 Å². The second-order valence-electron chi connectivity index (χ2n) is 6.24. The average molecular weight is 351 g/mol. The van der Waals surface area contributed by atoms with E-state index in [0.29, 0.717) is 36.1 Å². The van der Waals surface area contributed by atoms with Gasteiger partial charge in [-0.3, -0.25) is 4.90 Å². The van der Waals surface area contributed by atoms with E-state index < -0.39 is 0 Å². The number of hydrogen-bond donors (Lipinski definition) is 1. The molecule has 1 aliphatic heterocycles. The van der Waals surface area contributed by atoms with Crippen LogP contribution in [0.15, 0.2) is 22.6 Å². The minimum absolute atomic E-state index is 0.0282. The standard InChI is InChI=1S/C17H23ClN4O2/c1-3-12(2)19-17(23)22-8-6-21(7-9-22)11-16-20-14-5-4-13(18)10-15(14)24-16/h4-5,10,12H,3,6-9,11H2,1-2H3,(H,19,23). The first-order valence-corrected chi connectivity index (χ1v) is 8.75. The number of hydrogen-bond acceptors (Lipinski definition) is 4. The van der Waals surface area contributed by atoms with Crippen LogP contribution in [-0.2, 0) is 6.54 Å². The van der Waals surface area contributed by atoms with Gasteiger partial charge in [0, 0.05) is 43.3 Å². The van der Waals surface area contributed by atoms with E-state index in [0.717, 1.165) is 25.0 Å². The minimum Gasteiger partial charge on any atom is -0.439 e. The van der Waals surface area contributed by atoms with E-state index in [1.165, 1.54) is 0 Å². The summed E-state index contributed by atoms with van der Waals surface area (Å²) in [6.07, 6.45) is 0.938. The molecule has 2 amide bonds. The van der Waals surface area contributed by atoms with Crippen molar-refractivity contribution in [2.75, 3.05) is 26.2 Å². The Bertz CT molecular complexity index is 710. The van der Waals surface area contributed by atoms with Crippen molar-refractivity contribution < 1.29 is 9.21 Å². The lowest BCUT2D eigenvalue weighted by molar-refractivity contribution is 0.128. The molecule has 1 unspecified atom stereocenters. The third-order valence-electron chi connectivity index (χ3n) is 4.40. The van der Waals surface area contributed by atoms with Crippen molar-refractivity contribution in [3.05, 3.63) is 29.1 Å². The van der Waals surface area contributed by atoms with Crippen LogP contribution in [0.1, 0.15) is 26.2 Å². The molecule has 1 fully saturated rings. The topological polar surface area (TPSA) is 61.6 Å². The van der Waals surface area contributed by atoms with Crippen LogP contribution in [0.3, 0.4) is 0 Å². The molecule has 1 aromatic heterocycles. The van der Waals surface area contributed by atoms with Gasteiger partial charge in [-0.2, -0.15) is 0 Å². The summed E-state index contributed by atoms with van der Waals surface area (Å²) >= 11 is 5.97. The predicted molar refractivity (Wildman–Crippen MR) is 94.2 cm³/mol. The highest BCUT2D eigenvalue weighted by molar-refractivity contribution is 6.31. The van der Waals surface area contributed by atoms with E-state index in [1.807, 2.05) is 24.0 Å². The molecule has 1 aromatic carbocycles. The number of carbonyl (C=O) groups excluding carboxylic acids is 1. The maximum atomic E-state index is 12.1. The summed E-state index contributed by atoms with van der Waals surface area (Å²) in [5.41, 5.74) is 1.53. The van der Waals surface area contributed by atoms with Crippen LogP contribution in [0, 0.1) is 0 Å². The molecule has 0 spiro atoms. The summed E-state index contributed by atoms with van der Waals surface area (Å²) in [5, 5.41) is 3.66. The zero-order valence-corrected chi connectivity index (χ0v) is 14.8. The molecule has 24 heavy (non-hydrogen) atoms. The van der Waals surface area contributed by atoms with Crippen LogP contribution in [0.25, 0.3) is 11.1 Å². The van der Waals surface area contributed by atoms with E-state index in [1.54, 1.807) is 6.07 Å². The molecule has 1 saturated heterocycles. The summed E-state index contributed by atoms with van der Waals surface area (Å²) in [7, 11) is 0. The van der Waals surface area contributed by atoms with Crippen molar-refractivity contribution in [1.29, 1.82) is 0 Å². The molecule has 7 heteroatoms. The van der Waals surface area contributed by atoms with E-state index in [9.17, 15) is 4.79 Å². The molecule has 6 nitrogen and oxygen atoms in total. The second kappa shape index (κ2) is 7.40. The number of benzene rings is 1. The highest BCUT2D eigenvalue weighted by atomic mass is 35.5. The number of piperazine rings is 1. The summed E-state index contributed by atoms with van der Waals surface area (Å²) in [6, 6.07) is 5.69. The summed E-state index contributed by atoms with van der Waals surface area (Å²) in [5.74, 6) is 0.685. The molecule has 130 valence electrons. The van der Waals surface area contributed by atoms with Gasteiger partial charge in [0.2, 0.25) is 5.89 Å². The van der Waals surface area contributed by atoms with Gasteiger partial charge in [-0.05, 0) is 25.5 Å². The third-order valence-corrected chi connectivity index (χ3v) is 4.63. The fourth-order valence-electron chi connectivity index (χ4n) is 2.72. The van der Waals surface area contributed by atoms with Crippen molar-refractivity contribution in [1.82, 2.24) is 20.1 Å². The number of carbonyl (C=O) groups is 1. The number of aromatic nitrogens is 1. The van der Waals surface area contributed by atoms with Gasteiger partial charge in [-0.15, -0.1) is 0 Å². The normalized spacial score (nSPS) is 17.2. The van der Waals surface area contributed by atoms with E-state index in [-0.39, 0.29) is 12.1 Å². The summed E-state index contributed by atoms with van der Waals surface area (Å²) < 4.78 is 5.76. The Morgan fingerprint density at radius 2 is 2.12 bits per heavy atom. The first kappa shape index (κ1) is 17.0. The van der Waals surface area contributed by atoms with Crippen molar-refractivity contribution in [3.63, 3.8) is 0 Å². The number of urea groups is 1. The number of nitrogens with zero attached hydrogens (tertiary/aromatic N) is 3. The number of rotatable bonds is 4. The molecular formula is C17H23ClN4O2. The van der Waals surface area contributed by atoms with Crippen LogP contribution in [-0.4, -0.2) is 53.0 Å². The molecule has 1 N–H and O–H groups in total. The largest absolute Gasteiger partial charge is 0.439 e. The van der Waals surface area contributed by atoms with Crippen LogP contribution < -0.4 is 5.32 Å². The van der Waals surface area contributed by atoms with Crippen LogP contribution in [0.4, 0.5) is 4.79 Å². The van der Waals surface area contributed by atoms with Gasteiger partial charge in [0.05, 0.1) is 6.54 Å². The van der Waals surface area contributed by atoms with Gasteiger partial charge >= 0.3 is 6.03 Å². The fourth-order valence-corrected chi connectivity index (χ4v) is 2.88. The van der Waals surface area contributed by atoms with Crippen molar-refractivity contribution in [3.8, 4) is 0 Å². The minimum atomic E-state index is 0.0282. The number of nitrogens with one attached hydrogen (secondary N) is 1. The van der Waals surface area contributed by atoms with Gasteiger partial charge in [-0.25, -0.2) is 9.78 Å². The Morgan fingerprint density at radius 3 is 2.83 bits per heavy atom. The van der Waals surface area contributed by atoms with Crippen LogP contribution in [0.2, 0.25) is 5.02 Å². The summed E-state index contributed by atoms with van der Waals surface area (Å²) in [6.45, 7) is 7.79. The number of amides is 2. The van der Waals surface area contributed by atoms with Gasteiger partial charge < -0.3 is 14.6 Å². The molecule has 2 heterocycles. The molecule has 0 bridgehead atoms. The highest BCUT2D eigenvalue weighted by Gasteiger charge is 2.22. The van der Waals surface area contributed by atoms with Crippen molar-refractivity contribution >= 4 is 28.7 Å². The first-order valence-electron chi connectivity index (χ1n) is 8.38. The molecule has 2 aromatic rings. The Balaban J connectivity index is 1.54. The molecule has 0 radical (unpaired) electrons. The maximum absolute atomic E-state index is 12.1. The molecule has 3 rings (SSSR count). The first-order chi connectivity index (χ1) is 11.5. The maximum Gasteiger partial charge on any atom is 0.317 e. The Labute approximate surface area is 146 Å². The number of halogens is 1. The number of oxazole rings is 1. The van der Waals surface area contributed by atoms with Crippen LogP contribution in [0.5, 0.6) is 0 Å². The molecular weight excluding hydrogens is 328 g/mol. The number of fused-ring (bicyclic) bond motifs is 1. The fraction of sp³-hybridized carbons (Fsp3) is 0.529. The summed E-state index contributed by atoms with van der Waals surface area (Å²) in [4.78, 5) is 20.7. The lowest BCUT2D eigenvalue weighted by Crippen LogP contribution is -2.52. The molecule has 0 saturated carbocycles. The second-order valence-corrected chi connectivity index (χ2v) is 6.68. The van der Waals surface area contributed by atoms with E-state index in [4.69, 9.17) is 16.0 Å². The Morgan fingerprint density at radius 1 is 1.38 bits per heavy atom. The molecule has 1 aliphatic rings. The van der Waals surface area contributed by atoms with Crippen molar-refractivity contribution in [2.24, 2.45) is 0 Å². The lowest BCUT2D eigenvalue weighted by Gasteiger charge is -2.34. The monoisotopic (exact) mass is 350 g/mol. The van der Waals surface area contributed by atoms with Crippen molar-refractivity contribution in [2.45, 2.75) is 32.9 Å². The molecule has 0 aliphatic carbocycles. The average Bonchev–Trinajstić information content (AvgIpc) is 2.96. The predicted octanol–water partition coefficient (Wildman–Crippen LogP) is 3.11.